The fraction of sp³-hybridized carbons (Fsp3) is 0.750. The van der Waals surface area contributed by atoms with E-state index in [0.717, 1.165) is 45.7 Å². The van der Waals surface area contributed by atoms with Crippen LogP contribution in [0.2, 0.25) is 0 Å². The van der Waals surface area contributed by atoms with Gasteiger partial charge in [-0.25, -0.2) is 0 Å². The molecule has 0 aromatic rings. The van der Waals surface area contributed by atoms with Gasteiger partial charge >= 0.3 is 0 Å². The van der Waals surface area contributed by atoms with Crippen LogP contribution in [0.3, 0.4) is 0 Å². The van der Waals surface area contributed by atoms with Gasteiger partial charge in [0.1, 0.15) is 0 Å². The summed E-state index contributed by atoms with van der Waals surface area (Å²) < 4.78 is 10.9. The zero-order chi connectivity index (χ0) is 14.2. The standard InChI is InChI=1S/C16H31NO2/c1-4-7-9-13-18-15-11-17(6-3)12-16-19-14-10-8-5-2/h9-10,13-14H,4-8,11-12,15-16H2,1-3H3. The molecule has 0 saturated carbocycles. The second-order valence-corrected chi connectivity index (χ2v) is 4.50. The molecule has 0 bridgehead atoms. The van der Waals surface area contributed by atoms with E-state index in [1.165, 1.54) is 12.8 Å². The fourth-order valence-electron chi connectivity index (χ4n) is 1.53. The Morgan fingerprint density at radius 2 is 1.26 bits per heavy atom. The smallest absolute Gasteiger partial charge is 0.1000 e. The van der Waals surface area contributed by atoms with Gasteiger partial charge in [0.25, 0.3) is 0 Å². The van der Waals surface area contributed by atoms with Gasteiger partial charge in [0.15, 0.2) is 0 Å². The fourth-order valence-corrected chi connectivity index (χ4v) is 1.53. The Balaban J connectivity index is 3.49. The summed E-state index contributed by atoms with van der Waals surface area (Å²) in [7, 11) is 0. The van der Waals surface area contributed by atoms with Gasteiger partial charge < -0.3 is 9.47 Å². The van der Waals surface area contributed by atoms with Crippen LogP contribution in [-0.4, -0.2) is 37.7 Å². The largest absolute Gasteiger partial charge is 0.500 e. The minimum atomic E-state index is 0.750. The van der Waals surface area contributed by atoms with Gasteiger partial charge in [0.05, 0.1) is 25.7 Å². The maximum Gasteiger partial charge on any atom is 0.1000 e. The van der Waals surface area contributed by atoms with Gasteiger partial charge in [0, 0.05) is 13.1 Å². The van der Waals surface area contributed by atoms with Crippen molar-refractivity contribution in [3.05, 3.63) is 24.7 Å². The molecular weight excluding hydrogens is 238 g/mol. The summed E-state index contributed by atoms with van der Waals surface area (Å²) in [6, 6.07) is 0. The van der Waals surface area contributed by atoms with Gasteiger partial charge in [-0.1, -0.05) is 33.6 Å². The van der Waals surface area contributed by atoms with Crippen LogP contribution < -0.4 is 0 Å². The van der Waals surface area contributed by atoms with Crippen LogP contribution in [0.1, 0.15) is 46.5 Å². The predicted octanol–water partition coefficient (Wildman–Crippen LogP) is 3.97. The van der Waals surface area contributed by atoms with E-state index in [0.29, 0.717) is 0 Å². The SMILES string of the molecule is CCCC=COCCN(CC)CCOC=CCCC. The van der Waals surface area contributed by atoms with Crippen molar-refractivity contribution in [2.75, 3.05) is 32.8 Å². The number of ether oxygens (including phenoxy) is 2. The van der Waals surface area contributed by atoms with Crippen LogP contribution in [0.4, 0.5) is 0 Å². The minimum Gasteiger partial charge on any atom is -0.500 e. The number of hydrogen-bond acceptors (Lipinski definition) is 3. The van der Waals surface area contributed by atoms with Crippen molar-refractivity contribution in [3.63, 3.8) is 0 Å². The molecule has 0 aliphatic rings. The molecule has 19 heavy (non-hydrogen) atoms. The summed E-state index contributed by atoms with van der Waals surface area (Å²) in [5, 5.41) is 0. The Labute approximate surface area is 119 Å². The third-order valence-electron chi connectivity index (χ3n) is 2.79. The van der Waals surface area contributed by atoms with Gasteiger partial charge in [-0.05, 0) is 31.5 Å². The maximum atomic E-state index is 5.45. The van der Waals surface area contributed by atoms with Gasteiger partial charge in [0.2, 0.25) is 0 Å². The highest BCUT2D eigenvalue weighted by Gasteiger charge is 2.00. The van der Waals surface area contributed by atoms with Crippen molar-refractivity contribution < 1.29 is 9.47 Å². The van der Waals surface area contributed by atoms with Crippen molar-refractivity contribution in [2.45, 2.75) is 46.5 Å². The molecule has 0 rings (SSSR count). The Kier molecular flexibility index (Phi) is 14.3. The van der Waals surface area contributed by atoms with E-state index in [4.69, 9.17) is 9.47 Å². The molecule has 0 aromatic carbocycles. The summed E-state index contributed by atoms with van der Waals surface area (Å²) in [6.45, 7) is 10.9. The molecule has 0 amide bonds. The quantitative estimate of drug-likeness (QED) is 0.373. The van der Waals surface area contributed by atoms with Gasteiger partial charge in [-0.3, -0.25) is 4.90 Å². The molecule has 0 radical (unpaired) electrons. The van der Waals surface area contributed by atoms with Crippen molar-refractivity contribution in [3.8, 4) is 0 Å². The summed E-state index contributed by atoms with van der Waals surface area (Å²) in [4.78, 5) is 2.33. The van der Waals surface area contributed by atoms with E-state index in [2.05, 4.69) is 37.8 Å². The third kappa shape index (κ3) is 13.3. The first-order valence-electron chi connectivity index (χ1n) is 7.60. The first-order chi connectivity index (χ1) is 9.35. The molecule has 0 heterocycles. The van der Waals surface area contributed by atoms with Crippen LogP contribution in [0, 0.1) is 0 Å². The van der Waals surface area contributed by atoms with Crippen LogP contribution in [0.5, 0.6) is 0 Å². The first-order valence-corrected chi connectivity index (χ1v) is 7.60. The lowest BCUT2D eigenvalue weighted by Gasteiger charge is -2.19. The zero-order valence-corrected chi connectivity index (χ0v) is 12.9. The van der Waals surface area contributed by atoms with Crippen LogP contribution in [0.25, 0.3) is 0 Å². The van der Waals surface area contributed by atoms with E-state index >= 15 is 0 Å². The summed E-state index contributed by atoms with van der Waals surface area (Å²) in [6.07, 6.45) is 12.3. The second kappa shape index (κ2) is 15.1. The minimum absolute atomic E-state index is 0.750. The monoisotopic (exact) mass is 269 g/mol. The molecule has 0 spiro atoms. The number of unbranched alkanes of at least 4 members (excludes halogenated alkanes) is 2. The first kappa shape index (κ1) is 18.0. The highest BCUT2D eigenvalue weighted by molar-refractivity contribution is 4.73. The van der Waals surface area contributed by atoms with E-state index in [9.17, 15) is 0 Å². The Bertz CT molecular complexity index is 205. The van der Waals surface area contributed by atoms with Crippen molar-refractivity contribution in [1.82, 2.24) is 4.90 Å². The predicted molar refractivity (Wildman–Crippen MR) is 82.1 cm³/mol. The van der Waals surface area contributed by atoms with Gasteiger partial charge in [-0.15, -0.1) is 0 Å². The molecule has 0 saturated heterocycles. The summed E-state index contributed by atoms with van der Waals surface area (Å²) in [5.74, 6) is 0. The average molecular weight is 269 g/mol. The highest BCUT2D eigenvalue weighted by Crippen LogP contribution is 1.93. The van der Waals surface area contributed by atoms with E-state index in [1.807, 2.05) is 12.5 Å². The Morgan fingerprint density at radius 3 is 1.63 bits per heavy atom. The third-order valence-corrected chi connectivity index (χ3v) is 2.79. The average Bonchev–Trinajstić information content (AvgIpc) is 2.44. The molecule has 0 aliphatic carbocycles. The number of rotatable bonds is 13. The molecule has 112 valence electrons. The summed E-state index contributed by atoms with van der Waals surface area (Å²) >= 11 is 0. The van der Waals surface area contributed by atoms with Crippen molar-refractivity contribution in [1.29, 1.82) is 0 Å². The van der Waals surface area contributed by atoms with Crippen molar-refractivity contribution in [2.24, 2.45) is 0 Å². The van der Waals surface area contributed by atoms with E-state index in [-0.39, 0.29) is 0 Å². The molecule has 0 aromatic heterocycles. The van der Waals surface area contributed by atoms with E-state index in [1.54, 1.807) is 0 Å². The molecule has 0 N–H and O–H groups in total. The molecule has 0 unspecified atom stereocenters. The Morgan fingerprint density at radius 1 is 0.789 bits per heavy atom. The topological polar surface area (TPSA) is 21.7 Å². The molecular formula is C16H31NO2. The zero-order valence-electron chi connectivity index (χ0n) is 12.9. The van der Waals surface area contributed by atoms with Crippen LogP contribution >= 0.6 is 0 Å². The van der Waals surface area contributed by atoms with Gasteiger partial charge in [-0.2, -0.15) is 0 Å². The number of likely N-dealkylation sites (N-methyl/N-ethyl adjacent to an activating group) is 1. The number of hydrogen-bond donors (Lipinski definition) is 0. The molecule has 0 atom stereocenters. The normalized spacial score (nSPS) is 11.8. The molecule has 0 aliphatic heterocycles. The number of allylic oxidation sites excluding steroid dienone is 2. The number of nitrogens with zero attached hydrogens (tertiary/aromatic N) is 1. The molecule has 3 heteroatoms. The molecule has 0 fully saturated rings. The van der Waals surface area contributed by atoms with Crippen LogP contribution in [-0.2, 0) is 9.47 Å². The summed E-state index contributed by atoms with van der Waals surface area (Å²) in [5.41, 5.74) is 0. The van der Waals surface area contributed by atoms with Crippen LogP contribution in [0.15, 0.2) is 24.7 Å². The van der Waals surface area contributed by atoms with E-state index < -0.39 is 0 Å². The Hall–Kier alpha value is -0.960. The maximum absolute atomic E-state index is 5.45. The second-order valence-electron chi connectivity index (χ2n) is 4.50. The van der Waals surface area contributed by atoms with Crippen molar-refractivity contribution >= 4 is 0 Å². The lowest BCUT2D eigenvalue weighted by Crippen LogP contribution is -2.30. The molecule has 3 nitrogen and oxygen atoms in total. The lowest BCUT2D eigenvalue weighted by atomic mass is 10.3. The highest BCUT2D eigenvalue weighted by atomic mass is 16.5. The lowest BCUT2D eigenvalue weighted by molar-refractivity contribution is 0.146.